The first kappa shape index (κ1) is 11.8. The first-order valence-electron chi connectivity index (χ1n) is 3.35. The Morgan fingerprint density at radius 3 is 2.67 bits per heavy atom. The molecule has 0 aliphatic carbocycles. The predicted octanol–water partition coefficient (Wildman–Crippen LogP) is 2.20. The van der Waals surface area contributed by atoms with Crippen molar-refractivity contribution < 1.29 is 25.8 Å². The van der Waals surface area contributed by atoms with Crippen LogP contribution in [0.15, 0.2) is 30.3 Å². The SMILES string of the molecule is C1=Cc2ccccc2OC1.S.[Mo]. The Morgan fingerprint density at radius 2 is 1.92 bits per heavy atom. The maximum absolute atomic E-state index is 5.34. The van der Waals surface area contributed by atoms with Gasteiger partial charge in [0.15, 0.2) is 0 Å². The van der Waals surface area contributed by atoms with E-state index in [0.717, 1.165) is 5.75 Å². The molecule has 0 fully saturated rings. The van der Waals surface area contributed by atoms with Crippen LogP contribution in [0.4, 0.5) is 0 Å². The third-order valence-corrected chi connectivity index (χ3v) is 1.55. The van der Waals surface area contributed by atoms with Crippen LogP contribution in [-0.2, 0) is 21.1 Å². The first-order valence-corrected chi connectivity index (χ1v) is 3.35. The van der Waals surface area contributed by atoms with Gasteiger partial charge in [0.2, 0.25) is 0 Å². The summed E-state index contributed by atoms with van der Waals surface area (Å²) in [5, 5.41) is 0. The van der Waals surface area contributed by atoms with E-state index in [9.17, 15) is 0 Å². The standard InChI is InChI=1S/C9H8O.Mo.H2S/c1-2-6-9-8(4-1)5-3-7-10-9;;/h1-6H,7H2;;1H2. The molecule has 0 radical (unpaired) electrons. The molecule has 0 spiro atoms. The van der Waals surface area contributed by atoms with Gasteiger partial charge in [0, 0.05) is 26.6 Å². The minimum Gasteiger partial charge on any atom is -0.489 e. The summed E-state index contributed by atoms with van der Waals surface area (Å²) >= 11 is 0. The van der Waals surface area contributed by atoms with Crippen LogP contribution in [0.25, 0.3) is 6.08 Å². The molecular formula is C9H10MoOS. The number of para-hydroxylation sites is 1. The zero-order chi connectivity index (χ0) is 6.81. The second kappa shape index (κ2) is 5.45. The van der Waals surface area contributed by atoms with Gasteiger partial charge in [-0.3, -0.25) is 0 Å². The van der Waals surface area contributed by atoms with Crippen molar-refractivity contribution in [1.29, 1.82) is 0 Å². The van der Waals surface area contributed by atoms with Crippen LogP contribution >= 0.6 is 13.5 Å². The summed E-state index contributed by atoms with van der Waals surface area (Å²) in [4.78, 5) is 0. The molecule has 0 amide bonds. The Kier molecular flexibility index (Phi) is 5.35. The van der Waals surface area contributed by atoms with Gasteiger partial charge in [-0.15, -0.1) is 0 Å². The van der Waals surface area contributed by atoms with Gasteiger partial charge in [0.05, 0.1) is 0 Å². The Bertz CT molecular complexity index is 273. The number of hydrogen-bond acceptors (Lipinski definition) is 1. The second-order valence-corrected chi connectivity index (χ2v) is 2.25. The summed E-state index contributed by atoms with van der Waals surface area (Å²) in [6.07, 6.45) is 4.10. The summed E-state index contributed by atoms with van der Waals surface area (Å²) in [6.45, 7) is 0.705. The molecular weight excluding hydrogens is 252 g/mol. The van der Waals surface area contributed by atoms with E-state index < -0.39 is 0 Å². The molecule has 1 aromatic carbocycles. The largest absolute Gasteiger partial charge is 0.489 e. The van der Waals surface area contributed by atoms with Crippen molar-refractivity contribution in [2.75, 3.05) is 6.61 Å². The molecule has 0 unspecified atom stereocenters. The van der Waals surface area contributed by atoms with Gasteiger partial charge in [-0.25, -0.2) is 0 Å². The molecule has 1 heterocycles. The van der Waals surface area contributed by atoms with Crippen molar-refractivity contribution >= 4 is 19.6 Å². The van der Waals surface area contributed by atoms with Crippen LogP contribution in [0.2, 0.25) is 0 Å². The molecule has 0 aromatic heterocycles. The van der Waals surface area contributed by atoms with Gasteiger partial charge in [0.25, 0.3) is 0 Å². The van der Waals surface area contributed by atoms with Gasteiger partial charge in [0.1, 0.15) is 12.4 Å². The van der Waals surface area contributed by atoms with E-state index in [2.05, 4.69) is 6.08 Å². The summed E-state index contributed by atoms with van der Waals surface area (Å²) in [6, 6.07) is 8.03. The van der Waals surface area contributed by atoms with Gasteiger partial charge in [-0.2, -0.15) is 13.5 Å². The average Bonchev–Trinajstić information content (AvgIpc) is 2.05. The summed E-state index contributed by atoms with van der Waals surface area (Å²) < 4.78 is 5.34. The van der Waals surface area contributed by atoms with Crippen LogP contribution in [0.1, 0.15) is 5.56 Å². The quantitative estimate of drug-likeness (QED) is 0.651. The van der Waals surface area contributed by atoms with Crippen LogP contribution in [0.3, 0.4) is 0 Å². The molecule has 1 aliphatic heterocycles. The monoisotopic (exact) mass is 264 g/mol. The zero-order valence-electron chi connectivity index (χ0n) is 6.49. The number of hydrogen-bond donors (Lipinski definition) is 0. The fourth-order valence-electron chi connectivity index (χ4n) is 1.06. The summed E-state index contributed by atoms with van der Waals surface area (Å²) in [5.74, 6) is 0.991. The number of rotatable bonds is 0. The fraction of sp³-hybridized carbons (Fsp3) is 0.111. The molecule has 0 saturated carbocycles. The van der Waals surface area contributed by atoms with E-state index in [0.29, 0.717) is 6.61 Å². The van der Waals surface area contributed by atoms with Crippen molar-refractivity contribution in [2.45, 2.75) is 0 Å². The van der Waals surface area contributed by atoms with Crippen molar-refractivity contribution in [1.82, 2.24) is 0 Å². The van der Waals surface area contributed by atoms with Crippen molar-refractivity contribution in [3.8, 4) is 5.75 Å². The number of benzene rings is 1. The van der Waals surface area contributed by atoms with Crippen LogP contribution < -0.4 is 4.74 Å². The normalized spacial score (nSPS) is 11.7. The van der Waals surface area contributed by atoms with Crippen molar-refractivity contribution in [3.05, 3.63) is 35.9 Å². The van der Waals surface area contributed by atoms with E-state index in [1.165, 1.54) is 5.56 Å². The molecule has 2 rings (SSSR count). The molecule has 12 heavy (non-hydrogen) atoms. The van der Waals surface area contributed by atoms with E-state index in [-0.39, 0.29) is 34.6 Å². The van der Waals surface area contributed by atoms with Gasteiger partial charge in [-0.05, 0) is 12.1 Å². The molecule has 64 valence electrons. The number of ether oxygens (including phenoxy) is 1. The molecule has 0 bridgehead atoms. The molecule has 1 aliphatic rings. The Morgan fingerprint density at radius 1 is 1.17 bits per heavy atom. The Labute approximate surface area is 93.5 Å². The molecule has 1 aromatic rings. The maximum atomic E-state index is 5.34. The minimum absolute atomic E-state index is 0. The van der Waals surface area contributed by atoms with Gasteiger partial charge >= 0.3 is 0 Å². The van der Waals surface area contributed by atoms with Crippen molar-refractivity contribution in [2.24, 2.45) is 0 Å². The Balaban J connectivity index is 0.000000605. The van der Waals surface area contributed by atoms with E-state index >= 15 is 0 Å². The van der Waals surface area contributed by atoms with E-state index in [4.69, 9.17) is 4.74 Å². The van der Waals surface area contributed by atoms with Gasteiger partial charge in [-0.1, -0.05) is 24.3 Å². The third-order valence-electron chi connectivity index (χ3n) is 1.55. The predicted molar refractivity (Wildman–Crippen MR) is 51.4 cm³/mol. The van der Waals surface area contributed by atoms with Crippen molar-refractivity contribution in [3.63, 3.8) is 0 Å². The van der Waals surface area contributed by atoms with Gasteiger partial charge < -0.3 is 4.74 Å². The van der Waals surface area contributed by atoms with Crippen LogP contribution in [0.5, 0.6) is 5.75 Å². The molecule has 1 nitrogen and oxygen atoms in total. The Hall–Kier alpha value is -0.202. The third kappa shape index (κ3) is 2.39. The number of fused-ring (bicyclic) bond motifs is 1. The fourth-order valence-corrected chi connectivity index (χ4v) is 1.06. The molecule has 3 heteroatoms. The first-order chi connectivity index (χ1) is 4.97. The zero-order valence-corrected chi connectivity index (χ0v) is 9.49. The van der Waals surface area contributed by atoms with Crippen LogP contribution in [0, 0.1) is 0 Å². The average molecular weight is 262 g/mol. The molecule has 0 atom stereocenters. The summed E-state index contributed by atoms with van der Waals surface area (Å²) in [7, 11) is 0. The second-order valence-electron chi connectivity index (χ2n) is 2.25. The summed E-state index contributed by atoms with van der Waals surface area (Å²) in [5.41, 5.74) is 1.17. The smallest absolute Gasteiger partial charge is 0.126 e. The molecule has 0 N–H and O–H groups in total. The van der Waals surface area contributed by atoms with E-state index in [1.807, 2.05) is 30.3 Å². The molecule has 0 saturated heterocycles. The van der Waals surface area contributed by atoms with Crippen LogP contribution in [-0.4, -0.2) is 6.61 Å². The topological polar surface area (TPSA) is 9.23 Å². The maximum Gasteiger partial charge on any atom is 0.126 e. The minimum atomic E-state index is 0. The van der Waals surface area contributed by atoms with E-state index in [1.54, 1.807) is 0 Å².